The van der Waals surface area contributed by atoms with E-state index in [2.05, 4.69) is 33.0 Å². The zero-order chi connectivity index (χ0) is 14.4. The number of thiazole rings is 1. The van der Waals surface area contributed by atoms with Crippen molar-refractivity contribution in [2.24, 2.45) is 5.41 Å². The molecule has 0 aromatic carbocycles. The van der Waals surface area contributed by atoms with Gasteiger partial charge in [-0.1, -0.05) is 20.3 Å². The average Bonchev–Trinajstić information content (AvgIpc) is 2.91. The fourth-order valence-electron chi connectivity index (χ4n) is 4.10. The molecule has 2 aliphatic carbocycles. The molecule has 1 aromatic rings. The lowest BCUT2D eigenvalue weighted by Crippen LogP contribution is -2.52. The fourth-order valence-corrected chi connectivity index (χ4v) is 5.61. The molecule has 2 aliphatic rings. The van der Waals surface area contributed by atoms with Crippen molar-refractivity contribution in [2.75, 3.05) is 0 Å². The highest BCUT2D eigenvalue weighted by molar-refractivity contribution is 7.12. The molecule has 1 heterocycles. The summed E-state index contributed by atoms with van der Waals surface area (Å²) in [7, 11) is 0. The van der Waals surface area contributed by atoms with Crippen LogP contribution in [0.25, 0.3) is 0 Å². The fraction of sp³-hybridized carbons (Fsp3) is 0.824. The van der Waals surface area contributed by atoms with Gasteiger partial charge < -0.3 is 5.32 Å². The van der Waals surface area contributed by atoms with Crippen LogP contribution < -0.4 is 5.32 Å². The second-order valence-corrected chi connectivity index (χ2v) is 8.62. The molecule has 3 heteroatoms. The Labute approximate surface area is 127 Å². The van der Waals surface area contributed by atoms with Crippen LogP contribution in [0, 0.1) is 5.41 Å². The second kappa shape index (κ2) is 5.10. The van der Waals surface area contributed by atoms with Crippen molar-refractivity contribution in [2.45, 2.75) is 84.2 Å². The quantitative estimate of drug-likeness (QED) is 0.891. The van der Waals surface area contributed by atoms with Crippen LogP contribution in [0.2, 0.25) is 0 Å². The number of aromatic nitrogens is 1. The van der Waals surface area contributed by atoms with E-state index in [9.17, 15) is 0 Å². The number of nitrogens with one attached hydrogen (secondary N) is 1. The Bertz CT molecular complexity index is 466. The lowest BCUT2D eigenvalue weighted by atomic mass is 9.74. The van der Waals surface area contributed by atoms with E-state index in [4.69, 9.17) is 4.98 Å². The number of aryl methyl sites for hydroxylation is 2. The molecule has 1 atom stereocenters. The smallest absolute Gasteiger partial charge is 0.114 e. The van der Waals surface area contributed by atoms with Gasteiger partial charge in [-0.2, -0.15) is 0 Å². The molecule has 0 radical (unpaired) electrons. The predicted octanol–water partition coefficient (Wildman–Crippen LogP) is 4.43. The summed E-state index contributed by atoms with van der Waals surface area (Å²) in [6.45, 7) is 9.39. The molecule has 1 fully saturated rings. The van der Waals surface area contributed by atoms with E-state index in [-0.39, 0.29) is 5.54 Å². The molecule has 20 heavy (non-hydrogen) atoms. The monoisotopic (exact) mass is 292 g/mol. The maximum atomic E-state index is 5.11. The maximum Gasteiger partial charge on any atom is 0.114 e. The Hall–Kier alpha value is -0.410. The standard InChI is InChI=1S/C17H28N2S/c1-12(2)19-17(11-7-10-16(17,3)4)15-18-13-8-5-6-9-14(13)20-15/h12,19H,5-11H2,1-4H3. The zero-order valence-corrected chi connectivity index (χ0v) is 14.2. The van der Waals surface area contributed by atoms with Crippen molar-refractivity contribution in [3.05, 3.63) is 15.6 Å². The van der Waals surface area contributed by atoms with Crippen LogP contribution in [0.15, 0.2) is 0 Å². The maximum absolute atomic E-state index is 5.11. The normalized spacial score (nSPS) is 28.9. The lowest BCUT2D eigenvalue weighted by Gasteiger charge is -2.42. The number of fused-ring (bicyclic) bond motifs is 1. The average molecular weight is 292 g/mol. The molecule has 1 saturated carbocycles. The largest absolute Gasteiger partial charge is 0.303 e. The number of nitrogens with zero attached hydrogens (tertiary/aromatic N) is 1. The Morgan fingerprint density at radius 3 is 2.45 bits per heavy atom. The minimum atomic E-state index is 0.100. The van der Waals surface area contributed by atoms with Crippen molar-refractivity contribution in [1.82, 2.24) is 10.3 Å². The third-order valence-corrected chi connectivity index (χ3v) is 6.57. The van der Waals surface area contributed by atoms with E-state index < -0.39 is 0 Å². The minimum absolute atomic E-state index is 0.100. The van der Waals surface area contributed by atoms with Crippen LogP contribution in [0.3, 0.4) is 0 Å². The van der Waals surface area contributed by atoms with Gasteiger partial charge in [0.1, 0.15) is 5.01 Å². The Kier molecular flexibility index (Phi) is 3.70. The molecule has 0 amide bonds. The van der Waals surface area contributed by atoms with Crippen molar-refractivity contribution < 1.29 is 0 Å². The summed E-state index contributed by atoms with van der Waals surface area (Å²) in [6.07, 6.45) is 8.99. The van der Waals surface area contributed by atoms with Crippen LogP contribution in [0.4, 0.5) is 0 Å². The summed E-state index contributed by atoms with van der Waals surface area (Å²) in [6, 6.07) is 0.508. The van der Waals surface area contributed by atoms with E-state index in [1.165, 1.54) is 55.6 Å². The van der Waals surface area contributed by atoms with Crippen LogP contribution in [0.1, 0.15) is 75.4 Å². The molecule has 0 saturated heterocycles. The summed E-state index contributed by atoms with van der Waals surface area (Å²) < 4.78 is 0. The van der Waals surface area contributed by atoms with E-state index in [1.54, 1.807) is 4.88 Å². The van der Waals surface area contributed by atoms with E-state index in [0.29, 0.717) is 11.5 Å². The minimum Gasteiger partial charge on any atom is -0.303 e. The highest BCUT2D eigenvalue weighted by atomic mass is 32.1. The molecular weight excluding hydrogens is 264 g/mol. The molecule has 112 valence electrons. The van der Waals surface area contributed by atoms with Gasteiger partial charge in [0.25, 0.3) is 0 Å². The van der Waals surface area contributed by atoms with Crippen molar-refractivity contribution in [3.8, 4) is 0 Å². The van der Waals surface area contributed by atoms with Crippen LogP contribution >= 0.6 is 11.3 Å². The van der Waals surface area contributed by atoms with Crippen LogP contribution in [-0.2, 0) is 18.4 Å². The lowest BCUT2D eigenvalue weighted by molar-refractivity contribution is 0.143. The first-order valence-corrected chi connectivity index (χ1v) is 9.03. The predicted molar refractivity (Wildman–Crippen MR) is 86.3 cm³/mol. The SMILES string of the molecule is CC(C)NC1(c2nc3c(s2)CCCC3)CCCC1(C)C. The highest BCUT2D eigenvalue weighted by Gasteiger charge is 2.52. The van der Waals surface area contributed by atoms with Gasteiger partial charge in [-0.3, -0.25) is 0 Å². The van der Waals surface area contributed by atoms with Gasteiger partial charge in [-0.15, -0.1) is 11.3 Å². The molecule has 2 nitrogen and oxygen atoms in total. The topological polar surface area (TPSA) is 24.9 Å². The summed E-state index contributed by atoms with van der Waals surface area (Å²) >= 11 is 2.00. The van der Waals surface area contributed by atoms with Gasteiger partial charge in [-0.05, 0) is 57.8 Å². The summed E-state index contributed by atoms with van der Waals surface area (Å²) in [5.74, 6) is 0. The molecule has 3 rings (SSSR count). The number of hydrogen-bond acceptors (Lipinski definition) is 3. The van der Waals surface area contributed by atoms with Crippen molar-refractivity contribution >= 4 is 11.3 Å². The summed E-state index contributed by atoms with van der Waals surface area (Å²) in [4.78, 5) is 6.68. The first kappa shape index (κ1) is 14.5. The van der Waals surface area contributed by atoms with Crippen LogP contribution in [-0.4, -0.2) is 11.0 Å². The van der Waals surface area contributed by atoms with Crippen molar-refractivity contribution in [1.29, 1.82) is 0 Å². The molecule has 1 unspecified atom stereocenters. The molecular formula is C17H28N2S. The zero-order valence-electron chi connectivity index (χ0n) is 13.4. The second-order valence-electron chi connectivity index (χ2n) is 7.54. The molecule has 0 spiro atoms. The Morgan fingerprint density at radius 1 is 1.10 bits per heavy atom. The van der Waals surface area contributed by atoms with Gasteiger partial charge >= 0.3 is 0 Å². The Morgan fingerprint density at radius 2 is 1.85 bits per heavy atom. The highest BCUT2D eigenvalue weighted by Crippen LogP contribution is 2.53. The van der Waals surface area contributed by atoms with Crippen molar-refractivity contribution in [3.63, 3.8) is 0 Å². The van der Waals surface area contributed by atoms with Gasteiger partial charge in [0.15, 0.2) is 0 Å². The molecule has 0 bridgehead atoms. The molecule has 0 aliphatic heterocycles. The van der Waals surface area contributed by atoms with E-state index in [0.717, 1.165) is 0 Å². The van der Waals surface area contributed by atoms with E-state index in [1.807, 2.05) is 11.3 Å². The summed E-state index contributed by atoms with van der Waals surface area (Å²) in [5, 5.41) is 5.29. The van der Waals surface area contributed by atoms with E-state index >= 15 is 0 Å². The van der Waals surface area contributed by atoms with Gasteiger partial charge in [0.05, 0.1) is 11.2 Å². The first-order chi connectivity index (χ1) is 9.45. The van der Waals surface area contributed by atoms with Gasteiger partial charge in [-0.25, -0.2) is 4.98 Å². The third-order valence-electron chi connectivity index (χ3n) is 5.25. The first-order valence-electron chi connectivity index (χ1n) is 8.21. The number of rotatable bonds is 3. The Balaban J connectivity index is 2.03. The van der Waals surface area contributed by atoms with Gasteiger partial charge in [0, 0.05) is 10.9 Å². The number of hydrogen-bond donors (Lipinski definition) is 1. The molecule has 1 aromatic heterocycles. The third kappa shape index (κ3) is 2.23. The molecule has 1 N–H and O–H groups in total. The van der Waals surface area contributed by atoms with Gasteiger partial charge in [0.2, 0.25) is 0 Å². The summed E-state index contributed by atoms with van der Waals surface area (Å²) in [5.41, 5.74) is 1.81. The van der Waals surface area contributed by atoms with Crippen LogP contribution in [0.5, 0.6) is 0 Å².